The van der Waals surface area contributed by atoms with Gasteiger partial charge in [-0.25, -0.2) is 0 Å². The minimum absolute atomic E-state index is 0.558. The molecule has 1 fully saturated rings. The van der Waals surface area contributed by atoms with Crippen LogP contribution in [-0.4, -0.2) is 45.3 Å². The third-order valence-corrected chi connectivity index (χ3v) is 4.19. The fraction of sp³-hybridized carbons (Fsp3) is 0.714. The molecule has 0 bridgehead atoms. The van der Waals surface area contributed by atoms with Crippen molar-refractivity contribution < 1.29 is 4.74 Å². The first-order chi connectivity index (χ1) is 8.77. The van der Waals surface area contributed by atoms with Crippen molar-refractivity contribution in [2.24, 2.45) is 5.92 Å². The average Bonchev–Trinajstić information content (AvgIpc) is 3.02. The maximum atomic E-state index is 5.61. The van der Waals surface area contributed by atoms with Crippen LogP contribution in [0.5, 0.6) is 0 Å². The van der Waals surface area contributed by atoms with Crippen LogP contribution in [-0.2, 0) is 4.74 Å². The SMILES string of the molecule is CN(C)CCOCCNC(c1cccs1)C1CC1. The Hall–Kier alpha value is -0.420. The summed E-state index contributed by atoms with van der Waals surface area (Å²) in [6.45, 7) is 3.58. The number of hydrogen-bond donors (Lipinski definition) is 1. The number of ether oxygens (including phenoxy) is 1. The summed E-state index contributed by atoms with van der Waals surface area (Å²) in [4.78, 5) is 3.62. The zero-order valence-electron chi connectivity index (χ0n) is 11.4. The molecule has 0 saturated heterocycles. The first-order valence-electron chi connectivity index (χ1n) is 6.76. The summed E-state index contributed by atoms with van der Waals surface area (Å²) in [6.07, 6.45) is 2.74. The Morgan fingerprint density at radius 1 is 1.44 bits per heavy atom. The van der Waals surface area contributed by atoms with Gasteiger partial charge in [0, 0.05) is 24.0 Å². The number of thiophene rings is 1. The third-order valence-electron chi connectivity index (χ3n) is 3.24. The van der Waals surface area contributed by atoms with Crippen LogP contribution in [0.1, 0.15) is 23.8 Å². The van der Waals surface area contributed by atoms with Crippen LogP contribution in [0, 0.1) is 5.92 Å². The summed E-state index contributed by atoms with van der Waals surface area (Å²) in [6, 6.07) is 4.94. The Bertz CT molecular complexity index is 323. The molecule has 18 heavy (non-hydrogen) atoms. The topological polar surface area (TPSA) is 24.5 Å². The van der Waals surface area contributed by atoms with Crippen LogP contribution in [0.15, 0.2) is 17.5 Å². The van der Waals surface area contributed by atoms with Crippen LogP contribution in [0.2, 0.25) is 0 Å². The first-order valence-corrected chi connectivity index (χ1v) is 7.64. The lowest BCUT2D eigenvalue weighted by molar-refractivity contribution is 0.117. The van der Waals surface area contributed by atoms with E-state index in [1.54, 1.807) is 0 Å². The number of nitrogens with one attached hydrogen (secondary N) is 1. The highest BCUT2D eigenvalue weighted by atomic mass is 32.1. The average molecular weight is 268 g/mol. The molecule has 0 amide bonds. The van der Waals surface area contributed by atoms with E-state index in [4.69, 9.17) is 4.74 Å². The molecule has 2 rings (SSSR count). The molecule has 1 saturated carbocycles. The summed E-state index contributed by atoms with van der Waals surface area (Å²) in [5.41, 5.74) is 0. The van der Waals surface area contributed by atoms with Crippen molar-refractivity contribution in [3.05, 3.63) is 22.4 Å². The predicted molar refractivity (Wildman–Crippen MR) is 77.2 cm³/mol. The van der Waals surface area contributed by atoms with Crippen LogP contribution >= 0.6 is 11.3 Å². The molecule has 0 spiro atoms. The van der Waals surface area contributed by atoms with Crippen molar-refractivity contribution >= 4 is 11.3 Å². The molecule has 1 aromatic heterocycles. The van der Waals surface area contributed by atoms with Crippen LogP contribution in [0.25, 0.3) is 0 Å². The maximum Gasteiger partial charge on any atom is 0.0593 e. The van der Waals surface area contributed by atoms with Crippen molar-refractivity contribution in [1.29, 1.82) is 0 Å². The van der Waals surface area contributed by atoms with Crippen LogP contribution in [0.3, 0.4) is 0 Å². The van der Waals surface area contributed by atoms with Crippen molar-refractivity contribution in [3.8, 4) is 0 Å². The Kier molecular flexibility index (Phi) is 5.63. The molecule has 0 aliphatic heterocycles. The molecule has 102 valence electrons. The van der Waals surface area contributed by atoms with Crippen molar-refractivity contribution in [1.82, 2.24) is 10.2 Å². The minimum Gasteiger partial charge on any atom is -0.379 e. The quantitative estimate of drug-likeness (QED) is 0.696. The summed E-state index contributed by atoms with van der Waals surface area (Å²) < 4.78 is 5.61. The smallest absolute Gasteiger partial charge is 0.0593 e. The van der Waals surface area contributed by atoms with E-state index >= 15 is 0 Å². The van der Waals surface area contributed by atoms with Gasteiger partial charge in [0.2, 0.25) is 0 Å². The molecule has 1 aromatic rings. The lowest BCUT2D eigenvalue weighted by atomic mass is 10.1. The lowest BCUT2D eigenvalue weighted by Crippen LogP contribution is -2.27. The van der Waals surface area contributed by atoms with Gasteiger partial charge in [0.25, 0.3) is 0 Å². The van der Waals surface area contributed by atoms with E-state index in [0.717, 1.165) is 32.2 Å². The number of nitrogens with zero attached hydrogens (tertiary/aromatic N) is 1. The minimum atomic E-state index is 0.558. The van der Waals surface area contributed by atoms with Crippen molar-refractivity contribution in [3.63, 3.8) is 0 Å². The van der Waals surface area contributed by atoms with Gasteiger partial charge in [0.1, 0.15) is 0 Å². The highest BCUT2D eigenvalue weighted by Gasteiger charge is 2.32. The largest absolute Gasteiger partial charge is 0.379 e. The standard InChI is InChI=1S/C14H24N2OS/c1-16(2)8-10-17-9-7-15-14(12-5-6-12)13-4-3-11-18-13/h3-4,11-12,14-15H,5-10H2,1-2H3. The van der Waals surface area contributed by atoms with Crippen molar-refractivity contribution in [2.45, 2.75) is 18.9 Å². The van der Waals surface area contributed by atoms with E-state index in [2.05, 4.69) is 41.8 Å². The number of rotatable bonds is 9. The van der Waals surface area contributed by atoms with Gasteiger partial charge in [0.15, 0.2) is 0 Å². The molecule has 0 radical (unpaired) electrons. The molecule has 3 nitrogen and oxygen atoms in total. The summed E-state index contributed by atoms with van der Waals surface area (Å²) in [7, 11) is 4.14. The zero-order valence-corrected chi connectivity index (χ0v) is 12.2. The van der Waals surface area contributed by atoms with Gasteiger partial charge in [-0.2, -0.15) is 0 Å². The van der Waals surface area contributed by atoms with Crippen molar-refractivity contribution in [2.75, 3.05) is 40.4 Å². The number of hydrogen-bond acceptors (Lipinski definition) is 4. The Labute approximate surface area is 114 Å². The van der Waals surface area contributed by atoms with Gasteiger partial charge >= 0.3 is 0 Å². The fourth-order valence-corrected chi connectivity index (χ4v) is 2.93. The van der Waals surface area contributed by atoms with E-state index in [0.29, 0.717) is 6.04 Å². The van der Waals surface area contributed by atoms with E-state index in [1.807, 2.05) is 11.3 Å². The molecular formula is C14H24N2OS. The molecule has 1 unspecified atom stereocenters. The Balaban J connectivity index is 1.62. The van der Waals surface area contributed by atoms with E-state index < -0.39 is 0 Å². The fourth-order valence-electron chi connectivity index (χ4n) is 2.03. The van der Waals surface area contributed by atoms with Gasteiger partial charge < -0.3 is 15.0 Å². The third kappa shape index (κ3) is 4.69. The van der Waals surface area contributed by atoms with Gasteiger partial charge in [-0.15, -0.1) is 11.3 Å². The highest BCUT2D eigenvalue weighted by molar-refractivity contribution is 7.10. The molecule has 1 aliphatic rings. The lowest BCUT2D eigenvalue weighted by Gasteiger charge is -2.17. The van der Waals surface area contributed by atoms with Crippen LogP contribution < -0.4 is 5.32 Å². The second kappa shape index (κ2) is 7.24. The van der Waals surface area contributed by atoms with E-state index in [9.17, 15) is 0 Å². The monoisotopic (exact) mass is 268 g/mol. The Morgan fingerprint density at radius 3 is 2.89 bits per heavy atom. The molecular weight excluding hydrogens is 244 g/mol. The normalized spacial score (nSPS) is 17.3. The van der Waals surface area contributed by atoms with E-state index in [1.165, 1.54) is 17.7 Å². The maximum absolute atomic E-state index is 5.61. The second-order valence-electron chi connectivity index (χ2n) is 5.20. The molecule has 4 heteroatoms. The first kappa shape index (κ1) is 14.0. The number of likely N-dealkylation sites (N-methyl/N-ethyl adjacent to an activating group) is 1. The molecule has 1 N–H and O–H groups in total. The van der Waals surface area contributed by atoms with Gasteiger partial charge in [0.05, 0.1) is 13.2 Å². The van der Waals surface area contributed by atoms with Gasteiger partial charge in [-0.1, -0.05) is 6.07 Å². The zero-order chi connectivity index (χ0) is 12.8. The predicted octanol–water partition coefficient (Wildman–Crippen LogP) is 2.37. The van der Waals surface area contributed by atoms with Crippen LogP contribution in [0.4, 0.5) is 0 Å². The molecule has 1 aliphatic carbocycles. The van der Waals surface area contributed by atoms with Gasteiger partial charge in [-0.3, -0.25) is 0 Å². The summed E-state index contributed by atoms with van der Waals surface area (Å²) >= 11 is 1.86. The Morgan fingerprint density at radius 2 is 2.28 bits per heavy atom. The molecule has 1 atom stereocenters. The molecule has 0 aromatic carbocycles. The summed E-state index contributed by atoms with van der Waals surface area (Å²) in [5, 5.41) is 5.81. The van der Waals surface area contributed by atoms with Gasteiger partial charge in [-0.05, 0) is 44.3 Å². The summed E-state index contributed by atoms with van der Waals surface area (Å²) in [5.74, 6) is 0.852. The van der Waals surface area contributed by atoms with E-state index in [-0.39, 0.29) is 0 Å². The highest BCUT2D eigenvalue weighted by Crippen LogP contribution is 2.42. The second-order valence-corrected chi connectivity index (χ2v) is 6.18. The molecule has 1 heterocycles.